The highest BCUT2D eigenvalue weighted by molar-refractivity contribution is 5.93. The molecule has 0 aliphatic carbocycles. The van der Waals surface area contributed by atoms with Gasteiger partial charge in [-0.2, -0.15) is 0 Å². The van der Waals surface area contributed by atoms with Crippen LogP contribution in [0.2, 0.25) is 0 Å². The van der Waals surface area contributed by atoms with Crippen LogP contribution in [0.4, 0.5) is 5.69 Å². The predicted molar refractivity (Wildman–Crippen MR) is 82.6 cm³/mol. The zero-order valence-corrected chi connectivity index (χ0v) is 11.6. The van der Waals surface area contributed by atoms with Gasteiger partial charge in [0, 0.05) is 23.1 Å². The summed E-state index contributed by atoms with van der Waals surface area (Å²) in [4.78, 5) is 17.1. The van der Waals surface area contributed by atoms with Gasteiger partial charge in [-0.05, 0) is 44.1 Å². The van der Waals surface area contributed by atoms with Gasteiger partial charge < -0.3 is 11.1 Å². The van der Waals surface area contributed by atoms with Crippen molar-refractivity contribution in [3.63, 3.8) is 0 Å². The Bertz CT molecular complexity index is 873. The number of hydrogen-bond donors (Lipinski definition) is 3. The maximum absolute atomic E-state index is 12.3. The fraction of sp³-hybridized carbons (Fsp3) is 0.333. The highest BCUT2D eigenvalue weighted by Crippen LogP contribution is 2.25. The number of piperidine rings is 1. The standard InChI is InChI=1S/C15H17N5O/c16-10-1-2-11-13(7-10)19-20-14(21)8-12(18-15(11)20)9-3-5-17-6-4-9/h1-2,7-9,17,19H,3-6,16H2. The summed E-state index contributed by atoms with van der Waals surface area (Å²) in [6, 6.07) is 7.23. The number of nitrogens with one attached hydrogen (secondary N) is 2. The molecule has 108 valence electrons. The van der Waals surface area contributed by atoms with Crippen LogP contribution in [0.1, 0.15) is 24.5 Å². The number of anilines is 1. The van der Waals surface area contributed by atoms with Crippen molar-refractivity contribution in [1.29, 1.82) is 0 Å². The van der Waals surface area contributed by atoms with Gasteiger partial charge in [-0.3, -0.25) is 9.89 Å². The third-order valence-electron chi connectivity index (χ3n) is 4.21. The molecule has 1 aliphatic heterocycles. The molecule has 0 bridgehead atoms. The Morgan fingerprint density at radius 1 is 1.24 bits per heavy atom. The number of rotatable bonds is 1. The summed E-state index contributed by atoms with van der Waals surface area (Å²) >= 11 is 0. The molecule has 2 aromatic heterocycles. The second-order valence-electron chi connectivity index (χ2n) is 5.62. The van der Waals surface area contributed by atoms with Crippen molar-refractivity contribution < 1.29 is 0 Å². The molecule has 4 N–H and O–H groups in total. The van der Waals surface area contributed by atoms with E-state index in [1.807, 2.05) is 18.2 Å². The molecular weight excluding hydrogens is 266 g/mol. The zero-order valence-electron chi connectivity index (χ0n) is 11.6. The molecule has 0 atom stereocenters. The van der Waals surface area contributed by atoms with Crippen molar-refractivity contribution in [3.8, 4) is 0 Å². The van der Waals surface area contributed by atoms with Crippen LogP contribution in [0.5, 0.6) is 0 Å². The smallest absolute Gasteiger partial charge is 0.272 e. The number of aromatic amines is 1. The van der Waals surface area contributed by atoms with Gasteiger partial charge >= 0.3 is 0 Å². The van der Waals surface area contributed by atoms with Gasteiger partial charge in [-0.1, -0.05) is 0 Å². The van der Waals surface area contributed by atoms with E-state index in [0.717, 1.165) is 42.5 Å². The Kier molecular flexibility index (Phi) is 2.71. The van der Waals surface area contributed by atoms with Gasteiger partial charge in [0.05, 0.1) is 11.2 Å². The van der Waals surface area contributed by atoms with Crippen molar-refractivity contribution in [2.45, 2.75) is 18.8 Å². The van der Waals surface area contributed by atoms with Crippen LogP contribution in [-0.2, 0) is 0 Å². The van der Waals surface area contributed by atoms with Gasteiger partial charge in [0.15, 0.2) is 5.65 Å². The molecule has 1 fully saturated rings. The van der Waals surface area contributed by atoms with Crippen LogP contribution in [0, 0.1) is 0 Å². The molecule has 3 heterocycles. The minimum absolute atomic E-state index is 0.0664. The fourth-order valence-electron chi connectivity index (χ4n) is 3.09. The summed E-state index contributed by atoms with van der Waals surface area (Å²) in [6.07, 6.45) is 2.05. The highest BCUT2D eigenvalue weighted by atomic mass is 16.1. The minimum atomic E-state index is -0.0664. The molecule has 4 rings (SSSR count). The lowest BCUT2D eigenvalue weighted by Crippen LogP contribution is -2.28. The third-order valence-corrected chi connectivity index (χ3v) is 4.21. The second kappa shape index (κ2) is 4.60. The summed E-state index contributed by atoms with van der Waals surface area (Å²) in [7, 11) is 0. The molecule has 0 amide bonds. The van der Waals surface area contributed by atoms with Gasteiger partial charge in [-0.25, -0.2) is 9.50 Å². The lowest BCUT2D eigenvalue weighted by atomic mass is 9.94. The van der Waals surface area contributed by atoms with Crippen molar-refractivity contribution in [3.05, 3.63) is 40.3 Å². The number of nitrogens with two attached hydrogens (primary N) is 1. The van der Waals surface area contributed by atoms with Gasteiger partial charge in [0.1, 0.15) is 0 Å². The van der Waals surface area contributed by atoms with E-state index >= 15 is 0 Å². The first-order valence-electron chi connectivity index (χ1n) is 7.24. The first-order valence-corrected chi connectivity index (χ1v) is 7.24. The molecule has 0 saturated carbocycles. The van der Waals surface area contributed by atoms with E-state index < -0.39 is 0 Å². The van der Waals surface area contributed by atoms with Crippen LogP contribution >= 0.6 is 0 Å². The normalized spacial score (nSPS) is 16.8. The van der Waals surface area contributed by atoms with Crippen molar-refractivity contribution >= 4 is 22.2 Å². The van der Waals surface area contributed by atoms with Gasteiger partial charge in [0.25, 0.3) is 5.56 Å². The number of nitrogens with zero attached hydrogens (tertiary/aromatic N) is 2. The van der Waals surface area contributed by atoms with E-state index in [-0.39, 0.29) is 5.56 Å². The Labute approximate surface area is 121 Å². The molecule has 6 heteroatoms. The molecule has 0 radical (unpaired) electrons. The lowest BCUT2D eigenvalue weighted by molar-refractivity contribution is 0.453. The number of H-pyrrole nitrogens is 1. The summed E-state index contributed by atoms with van der Waals surface area (Å²) in [6.45, 7) is 1.96. The predicted octanol–water partition coefficient (Wildman–Crippen LogP) is 1.22. The maximum Gasteiger partial charge on any atom is 0.272 e. The second-order valence-corrected chi connectivity index (χ2v) is 5.62. The van der Waals surface area contributed by atoms with E-state index in [1.54, 1.807) is 6.07 Å². The monoisotopic (exact) mass is 283 g/mol. The number of fused-ring (bicyclic) bond motifs is 3. The maximum atomic E-state index is 12.3. The minimum Gasteiger partial charge on any atom is -0.399 e. The summed E-state index contributed by atoms with van der Waals surface area (Å²) in [5.74, 6) is 0.364. The van der Waals surface area contributed by atoms with E-state index in [2.05, 4.69) is 10.4 Å². The average molecular weight is 283 g/mol. The van der Waals surface area contributed by atoms with Crippen molar-refractivity contribution in [2.24, 2.45) is 0 Å². The van der Waals surface area contributed by atoms with Gasteiger partial charge in [-0.15, -0.1) is 0 Å². The quantitative estimate of drug-likeness (QED) is 0.586. The largest absolute Gasteiger partial charge is 0.399 e. The highest BCUT2D eigenvalue weighted by Gasteiger charge is 2.19. The van der Waals surface area contributed by atoms with Gasteiger partial charge in [0.2, 0.25) is 0 Å². The summed E-state index contributed by atoms with van der Waals surface area (Å²) in [5.41, 5.74) is 8.82. The number of hydrogen-bond acceptors (Lipinski definition) is 4. The summed E-state index contributed by atoms with van der Waals surface area (Å²) in [5, 5.41) is 7.33. The van der Waals surface area contributed by atoms with E-state index in [4.69, 9.17) is 10.7 Å². The first-order chi connectivity index (χ1) is 10.2. The fourth-order valence-corrected chi connectivity index (χ4v) is 3.09. The number of aromatic nitrogens is 3. The SMILES string of the molecule is Nc1ccc2c(c1)[nH]n1c(=O)cc(C3CCNCC3)nc21. The van der Waals surface area contributed by atoms with E-state index in [1.165, 1.54) is 4.52 Å². The van der Waals surface area contributed by atoms with E-state index in [9.17, 15) is 4.79 Å². The molecule has 1 saturated heterocycles. The molecule has 1 aromatic carbocycles. The Morgan fingerprint density at radius 3 is 2.86 bits per heavy atom. The Balaban J connectivity index is 1.95. The zero-order chi connectivity index (χ0) is 14.4. The van der Waals surface area contributed by atoms with E-state index in [0.29, 0.717) is 17.3 Å². The van der Waals surface area contributed by atoms with Crippen LogP contribution in [0.3, 0.4) is 0 Å². The molecule has 1 aliphatic rings. The lowest BCUT2D eigenvalue weighted by Gasteiger charge is -2.21. The number of benzene rings is 1. The topological polar surface area (TPSA) is 88.2 Å². The van der Waals surface area contributed by atoms with Crippen molar-refractivity contribution in [2.75, 3.05) is 18.8 Å². The summed E-state index contributed by atoms with van der Waals surface area (Å²) < 4.78 is 1.49. The van der Waals surface area contributed by atoms with Crippen LogP contribution in [0.25, 0.3) is 16.6 Å². The number of nitrogen functional groups attached to an aromatic ring is 1. The average Bonchev–Trinajstić information content (AvgIpc) is 2.86. The molecule has 0 spiro atoms. The van der Waals surface area contributed by atoms with Crippen LogP contribution < -0.4 is 16.6 Å². The molecule has 0 unspecified atom stereocenters. The molecule has 21 heavy (non-hydrogen) atoms. The molecular formula is C15H17N5O. The molecule has 3 aromatic rings. The van der Waals surface area contributed by atoms with Crippen LogP contribution in [-0.4, -0.2) is 27.7 Å². The Morgan fingerprint density at radius 2 is 2.05 bits per heavy atom. The molecule has 6 nitrogen and oxygen atoms in total. The van der Waals surface area contributed by atoms with Crippen molar-refractivity contribution in [1.82, 2.24) is 19.9 Å². The third kappa shape index (κ3) is 1.99. The van der Waals surface area contributed by atoms with Crippen LogP contribution in [0.15, 0.2) is 29.1 Å². The Hall–Kier alpha value is -2.34. The first kappa shape index (κ1) is 12.4.